The smallest absolute Gasteiger partial charge is 0.317 e. The highest BCUT2D eigenvalue weighted by molar-refractivity contribution is 5.74. The van der Waals surface area contributed by atoms with E-state index >= 15 is 0 Å². The molecule has 0 aliphatic carbocycles. The molecule has 2 amide bonds. The maximum atomic E-state index is 12.3. The molecule has 0 saturated carbocycles. The number of rotatable bonds is 4. The number of nitrogens with one attached hydrogen (secondary N) is 1. The maximum Gasteiger partial charge on any atom is 0.317 e. The molecule has 3 rings (SSSR count). The molecule has 7 nitrogen and oxygen atoms in total. The molecule has 3 heterocycles. The lowest BCUT2D eigenvalue weighted by Gasteiger charge is -2.18. The number of methoxy groups -OCH3 is 1. The molecule has 1 N–H and O–H groups in total. The number of carbonyl (C=O) groups excluding carboxylic acids is 1. The highest BCUT2D eigenvalue weighted by Crippen LogP contribution is 2.25. The van der Waals surface area contributed by atoms with Gasteiger partial charge >= 0.3 is 6.03 Å². The molecule has 0 radical (unpaired) electrons. The van der Waals surface area contributed by atoms with Gasteiger partial charge in [0, 0.05) is 63.0 Å². The van der Waals surface area contributed by atoms with Gasteiger partial charge in [0.1, 0.15) is 11.6 Å². The lowest BCUT2D eigenvalue weighted by atomic mass is 10.1. The summed E-state index contributed by atoms with van der Waals surface area (Å²) in [6.45, 7) is 1.84. The molecule has 0 bridgehead atoms. The van der Waals surface area contributed by atoms with Crippen LogP contribution in [0.5, 0.6) is 5.75 Å². The molecule has 122 valence electrons. The Morgan fingerprint density at radius 1 is 1.48 bits per heavy atom. The van der Waals surface area contributed by atoms with Crippen LogP contribution >= 0.6 is 0 Å². The van der Waals surface area contributed by atoms with E-state index in [0.29, 0.717) is 19.0 Å². The number of aromatic nitrogens is 3. The Hall–Kier alpha value is -2.57. The van der Waals surface area contributed by atoms with Gasteiger partial charge in [-0.1, -0.05) is 0 Å². The largest absolute Gasteiger partial charge is 0.496 e. The molecule has 1 aliphatic heterocycles. The molecule has 1 saturated heterocycles. The first-order chi connectivity index (χ1) is 11.2. The SMILES string of the molecule is COc1ccncc1CNC(=O)N1CCC(c2nccn2C)C1. The van der Waals surface area contributed by atoms with Gasteiger partial charge in [0.05, 0.1) is 7.11 Å². The van der Waals surface area contributed by atoms with E-state index in [9.17, 15) is 4.79 Å². The number of likely N-dealkylation sites (tertiary alicyclic amines) is 1. The van der Waals surface area contributed by atoms with E-state index in [-0.39, 0.29) is 6.03 Å². The lowest BCUT2D eigenvalue weighted by Crippen LogP contribution is -2.38. The summed E-state index contributed by atoms with van der Waals surface area (Å²) in [5, 5.41) is 2.94. The van der Waals surface area contributed by atoms with E-state index in [1.165, 1.54) is 0 Å². The summed E-state index contributed by atoms with van der Waals surface area (Å²) in [6, 6.07) is 1.72. The van der Waals surface area contributed by atoms with Gasteiger partial charge in [-0.25, -0.2) is 9.78 Å². The van der Waals surface area contributed by atoms with Gasteiger partial charge in [-0.3, -0.25) is 4.98 Å². The molecule has 1 fully saturated rings. The fraction of sp³-hybridized carbons (Fsp3) is 0.438. The maximum absolute atomic E-state index is 12.3. The molecule has 1 atom stereocenters. The predicted molar refractivity (Wildman–Crippen MR) is 85.2 cm³/mol. The standard InChI is InChI=1S/C16H21N5O2/c1-20-8-6-18-15(20)12-4-7-21(11-12)16(22)19-10-13-9-17-5-3-14(13)23-2/h3,5-6,8-9,12H,4,7,10-11H2,1-2H3,(H,19,22). The minimum atomic E-state index is -0.0624. The second-order valence-electron chi connectivity index (χ2n) is 5.67. The zero-order valence-electron chi connectivity index (χ0n) is 13.4. The van der Waals surface area contributed by atoms with Crippen LogP contribution in [-0.4, -0.2) is 45.7 Å². The van der Waals surface area contributed by atoms with Crippen molar-refractivity contribution in [2.24, 2.45) is 7.05 Å². The average Bonchev–Trinajstić information content (AvgIpc) is 3.21. The van der Waals surface area contributed by atoms with Crippen LogP contribution in [0.4, 0.5) is 4.79 Å². The number of pyridine rings is 1. The molecule has 1 unspecified atom stereocenters. The second-order valence-corrected chi connectivity index (χ2v) is 5.67. The Kier molecular flexibility index (Phi) is 4.45. The molecule has 0 aromatic carbocycles. The third-order valence-electron chi connectivity index (χ3n) is 4.21. The number of amides is 2. The van der Waals surface area contributed by atoms with E-state index in [1.54, 1.807) is 31.8 Å². The number of nitrogens with zero attached hydrogens (tertiary/aromatic N) is 4. The van der Waals surface area contributed by atoms with E-state index in [4.69, 9.17) is 4.74 Å². The third kappa shape index (κ3) is 3.28. The van der Waals surface area contributed by atoms with Crippen molar-refractivity contribution in [3.05, 3.63) is 42.2 Å². The summed E-state index contributed by atoms with van der Waals surface area (Å²) in [6.07, 6.45) is 8.05. The van der Waals surface area contributed by atoms with Crippen molar-refractivity contribution in [3.63, 3.8) is 0 Å². The van der Waals surface area contributed by atoms with E-state index in [2.05, 4.69) is 15.3 Å². The molecular formula is C16H21N5O2. The Bertz CT molecular complexity index is 685. The Labute approximate surface area is 135 Å². The zero-order valence-corrected chi connectivity index (χ0v) is 13.4. The van der Waals surface area contributed by atoms with Gasteiger partial charge < -0.3 is 19.5 Å². The molecule has 1 aliphatic rings. The quantitative estimate of drug-likeness (QED) is 0.928. The van der Waals surface area contributed by atoms with Crippen LogP contribution in [0, 0.1) is 0 Å². The van der Waals surface area contributed by atoms with Crippen LogP contribution in [0.2, 0.25) is 0 Å². The summed E-state index contributed by atoms with van der Waals surface area (Å²) in [4.78, 5) is 22.6. The third-order valence-corrected chi connectivity index (χ3v) is 4.21. The van der Waals surface area contributed by atoms with Crippen LogP contribution in [0.15, 0.2) is 30.9 Å². The fourth-order valence-electron chi connectivity index (χ4n) is 2.95. The minimum absolute atomic E-state index is 0.0624. The number of aryl methyl sites for hydroxylation is 1. The highest BCUT2D eigenvalue weighted by Gasteiger charge is 2.29. The van der Waals surface area contributed by atoms with E-state index < -0.39 is 0 Å². The number of hydrogen-bond acceptors (Lipinski definition) is 4. The monoisotopic (exact) mass is 315 g/mol. The van der Waals surface area contributed by atoms with Crippen molar-refractivity contribution in [1.29, 1.82) is 0 Å². The number of urea groups is 1. The molecule has 23 heavy (non-hydrogen) atoms. The Balaban J connectivity index is 1.56. The van der Waals surface area contributed by atoms with Gasteiger partial charge in [-0.05, 0) is 12.5 Å². The van der Waals surface area contributed by atoms with Crippen molar-refractivity contribution >= 4 is 6.03 Å². The summed E-state index contributed by atoms with van der Waals surface area (Å²) in [5.41, 5.74) is 0.864. The summed E-state index contributed by atoms with van der Waals surface area (Å²) < 4.78 is 7.29. The first-order valence-corrected chi connectivity index (χ1v) is 7.66. The number of carbonyl (C=O) groups is 1. The molecule has 2 aromatic rings. The molecule has 7 heteroatoms. The van der Waals surface area contributed by atoms with Crippen LogP contribution in [0.3, 0.4) is 0 Å². The van der Waals surface area contributed by atoms with Gasteiger partial charge in [0.15, 0.2) is 0 Å². The molecule has 0 spiro atoms. The van der Waals surface area contributed by atoms with Gasteiger partial charge in [-0.2, -0.15) is 0 Å². The average molecular weight is 315 g/mol. The predicted octanol–water partition coefficient (Wildman–Crippen LogP) is 1.52. The zero-order chi connectivity index (χ0) is 16.2. The van der Waals surface area contributed by atoms with Crippen LogP contribution in [0.25, 0.3) is 0 Å². The van der Waals surface area contributed by atoms with Crippen molar-refractivity contribution < 1.29 is 9.53 Å². The first-order valence-electron chi connectivity index (χ1n) is 7.66. The van der Waals surface area contributed by atoms with Crippen molar-refractivity contribution in [3.8, 4) is 5.75 Å². The molecule has 2 aromatic heterocycles. The van der Waals surface area contributed by atoms with Crippen LogP contribution < -0.4 is 10.1 Å². The lowest BCUT2D eigenvalue weighted by molar-refractivity contribution is 0.207. The fourth-order valence-corrected chi connectivity index (χ4v) is 2.95. The Morgan fingerprint density at radius 2 is 2.35 bits per heavy atom. The number of hydrogen-bond donors (Lipinski definition) is 1. The van der Waals surface area contributed by atoms with E-state index in [1.807, 2.05) is 22.7 Å². The van der Waals surface area contributed by atoms with Crippen LogP contribution in [0.1, 0.15) is 23.7 Å². The summed E-state index contributed by atoms with van der Waals surface area (Å²) in [5.74, 6) is 2.07. The van der Waals surface area contributed by atoms with Gasteiger partial charge in [0.2, 0.25) is 0 Å². The van der Waals surface area contributed by atoms with E-state index in [0.717, 1.165) is 30.1 Å². The van der Waals surface area contributed by atoms with Crippen molar-refractivity contribution in [1.82, 2.24) is 24.8 Å². The number of imidazole rings is 1. The van der Waals surface area contributed by atoms with Gasteiger partial charge in [-0.15, -0.1) is 0 Å². The first kappa shape index (κ1) is 15.3. The topological polar surface area (TPSA) is 72.3 Å². The summed E-state index contributed by atoms with van der Waals surface area (Å²) in [7, 11) is 3.60. The van der Waals surface area contributed by atoms with Gasteiger partial charge in [0.25, 0.3) is 0 Å². The minimum Gasteiger partial charge on any atom is -0.496 e. The second kappa shape index (κ2) is 6.68. The summed E-state index contributed by atoms with van der Waals surface area (Å²) >= 11 is 0. The molecular weight excluding hydrogens is 294 g/mol. The normalized spacial score (nSPS) is 17.3. The van der Waals surface area contributed by atoms with Crippen LogP contribution in [-0.2, 0) is 13.6 Å². The van der Waals surface area contributed by atoms with Crippen molar-refractivity contribution in [2.45, 2.75) is 18.9 Å². The number of ether oxygens (including phenoxy) is 1. The Morgan fingerprint density at radius 3 is 3.09 bits per heavy atom. The highest BCUT2D eigenvalue weighted by atomic mass is 16.5. The van der Waals surface area contributed by atoms with Crippen molar-refractivity contribution in [2.75, 3.05) is 20.2 Å².